The fourth-order valence-corrected chi connectivity index (χ4v) is 1.29. The van der Waals surface area contributed by atoms with E-state index in [-0.39, 0.29) is 11.4 Å². The van der Waals surface area contributed by atoms with Gasteiger partial charge in [0, 0.05) is 6.20 Å². The summed E-state index contributed by atoms with van der Waals surface area (Å²) in [6.45, 7) is 1.40. The summed E-state index contributed by atoms with van der Waals surface area (Å²) in [4.78, 5) is 14.4. The van der Waals surface area contributed by atoms with Crippen molar-refractivity contribution in [3.05, 3.63) is 24.3 Å². The Hall–Kier alpha value is -2.38. The maximum Gasteiger partial charge on any atom is 0.328 e. The van der Waals surface area contributed by atoms with Crippen LogP contribution in [0.15, 0.2) is 18.5 Å². The number of aliphatic carboxylic acids is 1. The fraction of sp³-hybridized carbons (Fsp3) is 0.222. The molecule has 88 valence electrons. The van der Waals surface area contributed by atoms with Crippen LogP contribution in [0.25, 0.3) is 11.4 Å². The molecular formula is C9H8FN5O2. The highest BCUT2D eigenvalue weighted by Gasteiger charge is 2.21. The average molecular weight is 237 g/mol. The van der Waals surface area contributed by atoms with Crippen LogP contribution < -0.4 is 0 Å². The van der Waals surface area contributed by atoms with Crippen LogP contribution in [-0.2, 0) is 4.79 Å². The minimum Gasteiger partial charge on any atom is -0.480 e. The zero-order valence-electron chi connectivity index (χ0n) is 8.78. The third kappa shape index (κ3) is 1.96. The lowest BCUT2D eigenvalue weighted by atomic mass is 10.2. The summed E-state index contributed by atoms with van der Waals surface area (Å²) in [5, 5.41) is 19.4. The van der Waals surface area contributed by atoms with Gasteiger partial charge in [0.05, 0.1) is 11.8 Å². The molecular weight excluding hydrogens is 229 g/mol. The molecule has 0 aliphatic heterocycles. The number of hydrogen-bond donors (Lipinski definition) is 1. The highest BCUT2D eigenvalue weighted by molar-refractivity contribution is 5.72. The molecule has 17 heavy (non-hydrogen) atoms. The van der Waals surface area contributed by atoms with Crippen LogP contribution >= 0.6 is 0 Å². The van der Waals surface area contributed by atoms with E-state index in [1.807, 2.05) is 0 Å². The monoisotopic (exact) mass is 237 g/mol. The summed E-state index contributed by atoms with van der Waals surface area (Å²) >= 11 is 0. The van der Waals surface area contributed by atoms with Gasteiger partial charge in [0.1, 0.15) is 0 Å². The second kappa shape index (κ2) is 4.24. The highest BCUT2D eigenvalue weighted by atomic mass is 19.1. The van der Waals surface area contributed by atoms with Crippen molar-refractivity contribution in [2.75, 3.05) is 0 Å². The molecule has 0 aliphatic carbocycles. The van der Waals surface area contributed by atoms with Gasteiger partial charge in [-0.1, -0.05) is 0 Å². The maximum atomic E-state index is 13.5. The Morgan fingerprint density at radius 3 is 3.00 bits per heavy atom. The summed E-state index contributed by atoms with van der Waals surface area (Å²) in [6.07, 6.45) is 2.39. The van der Waals surface area contributed by atoms with Gasteiger partial charge in [-0.15, -0.1) is 5.10 Å². The first kappa shape index (κ1) is 11.1. The fourth-order valence-electron chi connectivity index (χ4n) is 1.29. The number of halogens is 1. The van der Waals surface area contributed by atoms with E-state index in [1.165, 1.54) is 19.2 Å². The van der Waals surface area contributed by atoms with Crippen molar-refractivity contribution in [2.45, 2.75) is 13.0 Å². The number of tetrazole rings is 1. The molecule has 0 saturated carbocycles. The number of aromatic nitrogens is 5. The Labute approximate surface area is 94.9 Å². The van der Waals surface area contributed by atoms with Crippen LogP contribution in [0.2, 0.25) is 0 Å². The number of carboxylic acid groups (broad SMARTS) is 1. The highest BCUT2D eigenvalue weighted by Crippen LogP contribution is 2.21. The SMILES string of the molecule is CC(C(=O)O)n1nnnc1-c1ccncc1F. The predicted octanol–water partition coefficient (Wildman–Crippen LogP) is 0.520. The van der Waals surface area contributed by atoms with Crippen LogP contribution in [0.3, 0.4) is 0 Å². The topological polar surface area (TPSA) is 93.8 Å². The van der Waals surface area contributed by atoms with Crippen molar-refractivity contribution in [3.8, 4) is 11.4 Å². The van der Waals surface area contributed by atoms with Crippen LogP contribution in [0.1, 0.15) is 13.0 Å². The summed E-state index contributed by atoms with van der Waals surface area (Å²) in [5.74, 6) is -1.66. The Morgan fingerprint density at radius 1 is 1.59 bits per heavy atom. The van der Waals surface area contributed by atoms with E-state index in [9.17, 15) is 9.18 Å². The first-order valence-electron chi connectivity index (χ1n) is 4.72. The van der Waals surface area contributed by atoms with E-state index in [0.717, 1.165) is 10.9 Å². The van der Waals surface area contributed by atoms with Gasteiger partial charge in [-0.05, 0) is 23.4 Å². The van der Waals surface area contributed by atoms with Gasteiger partial charge >= 0.3 is 5.97 Å². The van der Waals surface area contributed by atoms with Gasteiger partial charge in [0.2, 0.25) is 0 Å². The van der Waals surface area contributed by atoms with Gasteiger partial charge in [0.15, 0.2) is 17.7 Å². The van der Waals surface area contributed by atoms with Crippen molar-refractivity contribution in [2.24, 2.45) is 0 Å². The number of nitrogens with zero attached hydrogens (tertiary/aromatic N) is 5. The molecule has 0 aliphatic rings. The molecule has 2 aromatic heterocycles. The molecule has 2 aromatic rings. The zero-order valence-corrected chi connectivity index (χ0v) is 8.78. The largest absolute Gasteiger partial charge is 0.480 e. The molecule has 0 amide bonds. The average Bonchev–Trinajstić information content (AvgIpc) is 2.77. The predicted molar refractivity (Wildman–Crippen MR) is 53.4 cm³/mol. The van der Waals surface area contributed by atoms with Crippen LogP contribution in [0.5, 0.6) is 0 Å². The normalized spacial score (nSPS) is 12.4. The summed E-state index contributed by atoms with van der Waals surface area (Å²) in [7, 11) is 0. The first-order chi connectivity index (χ1) is 8.11. The number of carbonyl (C=O) groups is 1. The molecule has 7 nitrogen and oxygen atoms in total. The molecule has 0 fully saturated rings. The van der Waals surface area contributed by atoms with Crippen molar-refractivity contribution < 1.29 is 14.3 Å². The minimum atomic E-state index is -1.10. The number of hydrogen-bond acceptors (Lipinski definition) is 5. The first-order valence-corrected chi connectivity index (χ1v) is 4.72. The summed E-state index contributed by atoms with van der Waals surface area (Å²) < 4.78 is 14.5. The van der Waals surface area contributed by atoms with Gasteiger partial charge < -0.3 is 5.11 Å². The lowest BCUT2D eigenvalue weighted by Crippen LogP contribution is -2.18. The third-order valence-electron chi connectivity index (χ3n) is 2.23. The molecule has 8 heteroatoms. The van der Waals surface area contributed by atoms with Crippen LogP contribution in [-0.4, -0.2) is 36.3 Å². The van der Waals surface area contributed by atoms with Gasteiger partial charge in [-0.3, -0.25) is 4.98 Å². The van der Waals surface area contributed by atoms with Crippen LogP contribution in [0, 0.1) is 5.82 Å². The van der Waals surface area contributed by atoms with E-state index in [4.69, 9.17) is 5.11 Å². The number of rotatable bonds is 3. The van der Waals surface area contributed by atoms with E-state index in [0.29, 0.717) is 0 Å². The van der Waals surface area contributed by atoms with Gasteiger partial charge in [0.25, 0.3) is 0 Å². The molecule has 2 rings (SSSR count). The van der Waals surface area contributed by atoms with E-state index in [2.05, 4.69) is 20.5 Å². The summed E-state index contributed by atoms with van der Waals surface area (Å²) in [5.41, 5.74) is 0.109. The van der Waals surface area contributed by atoms with E-state index >= 15 is 0 Å². The van der Waals surface area contributed by atoms with Crippen LogP contribution in [0.4, 0.5) is 4.39 Å². The molecule has 1 N–H and O–H groups in total. The second-order valence-corrected chi connectivity index (χ2v) is 3.32. The summed E-state index contributed by atoms with van der Waals surface area (Å²) in [6, 6.07) is 0.402. The number of pyridine rings is 1. The Balaban J connectivity index is 2.51. The molecule has 0 spiro atoms. The molecule has 1 atom stereocenters. The molecule has 0 bridgehead atoms. The second-order valence-electron chi connectivity index (χ2n) is 3.32. The minimum absolute atomic E-state index is 0.0554. The van der Waals surface area contributed by atoms with E-state index in [1.54, 1.807) is 0 Å². The number of carboxylic acids is 1. The lowest BCUT2D eigenvalue weighted by Gasteiger charge is -2.08. The molecule has 0 radical (unpaired) electrons. The molecule has 0 saturated heterocycles. The maximum absolute atomic E-state index is 13.5. The van der Waals surface area contributed by atoms with Gasteiger partial charge in [-0.25, -0.2) is 13.9 Å². The zero-order chi connectivity index (χ0) is 12.4. The van der Waals surface area contributed by atoms with Gasteiger partial charge in [-0.2, -0.15) is 0 Å². The molecule has 1 unspecified atom stereocenters. The molecule has 2 heterocycles. The smallest absolute Gasteiger partial charge is 0.328 e. The quantitative estimate of drug-likeness (QED) is 0.836. The Bertz CT molecular complexity index is 556. The lowest BCUT2D eigenvalue weighted by molar-refractivity contribution is -0.140. The van der Waals surface area contributed by atoms with Crippen molar-refractivity contribution in [1.29, 1.82) is 0 Å². The Kier molecular flexibility index (Phi) is 2.77. The molecule has 0 aromatic carbocycles. The Morgan fingerprint density at radius 2 is 2.35 bits per heavy atom. The van der Waals surface area contributed by atoms with Crippen molar-refractivity contribution >= 4 is 5.97 Å². The van der Waals surface area contributed by atoms with Crippen molar-refractivity contribution in [1.82, 2.24) is 25.2 Å². The van der Waals surface area contributed by atoms with E-state index < -0.39 is 17.8 Å². The van der Waals surface area contributed by atoms with Crippen molar-refractivity contribution in [3.63, 3.8) is 0 Å². The third-order valence-corrected chi connectivity index (χ3v) is 2.23. The standard InChI is InChI=1S/C9H8FN5O2/c1-5(9(16)17)15-8(12-13-14-15)6-2-3-11-4-7(6)10/h2-5H,1H3,(H,16,17).